The van der Waals surface area contributed by atoms with E-state index in [1.165, 1.54) is 6.38 Å². The molecule has 0 spiro atoms. The van der Waals surface area contributed by atoms with Gasteiger partial charge in [-0.05, 0) is 0 Å². The molecule has 0 radical (unpaired) electrons. The van der Waals surface area contributed by atoms with Gasteiger partial charge in [0.2, 0.25) is 5.78 Å². The SMILES string of the molecule is CC(=O)C(F)(F)F.CCl. The van der Waals surface area contributed by atoms with Crippen molar-refractivity contribution in [3.63, 3.8) is 0 Å². The number of rotatable bonds is 0. The van der Waals surface area contributed by atoms with Crippen LogP contribution in [-0.2, 0) is 4.79 Å². The Morgan fingerprint density at radius 1 is 1.33 bits per heavy atom. The van der Waals surface area contributed by atoms with Crippen molar-refractivity contribution in [2.75, 3.05) is 6.38 Å². The number of ketones is 1. The van der Waals surface area contributed by atoms with Crippen LogP contribution in [0.1, 0.15) is 6.92 Å². The van der Waals surface area contributed by atoms with Crippen molar-refractivity contribution >= 4 is 17.4 Å². The number of halogens is 4. The molecule has 0 atom stereocenters. The lowest BCUT2D eigenvalue weighted by atomic mass is 10.5. The summed E-state index contributed by atoms with van der Waals surface area (Å²) in [7, 11) is 0. The Morgan fingerprint density at radius 2 is 1.44 bits per heavy atom. The molecule has 0 aromatic heterocycles. The summed E-state index contributed by atoms with van der Waals surface area (Å²) in [4.78, 5) is 9.34. The zero-order chi connectivity index (χ0) is 8.08. The minimum atomic E-state index is -4.64. The third kappa shape index (κ3) is 7.75. The Hall–Kier alpha value is -0.250. The second-order valence-corrected chi connectivity index (χ2v) is 1.05. The van der Waals surface area contributed by atoms with Gasteiger partial charge in [0.1, 0.15) is 0 Å². The van der Waals surface area contributed by atoms with Crippen LogP contribution in [0.15, 0.2) is 0 Å². The van der Waals surface area contributed by atoms with Gasteiger partial charge in [-0.15, -0.1) is 11.6 Å². The molecule has 0 aromatic rings. The summed E-state index contributed by atoms with van der Waals surface area (Å²) in [6.45, 7) is 0.486. The number of hydrogen-bond acceptors (Lipinski definition) is 1. The topological polar surface area (TPSA) is 17.1 Å². The van der Waals surface area contributed by atoms with Crippen molar-refractivity contribution in [2.45, 2.75) is 13.1 Å². The lowest BCUT2D eigenvalue weighted by Crippen LogP contribution is -2.18. The number of alkyl halides is 4. The molecular formula is C4H6ClF3O. The highest BCUT2D eigenvalue weighted by molar-refractivity contribution is 6.15. The molecule has 5 heteroatoms. The largest absolute Gasteiger partial charge is 0.449 e. The Balaban J connectivity index is 0. The first-order chi connectivity index (χ1) is 3.94. The molecule has 9 heavy (non-hydrogen) atoms. The highest BCUT2D eigenvalue weighted by atomic mass is 35.5. The van der Waals surface area contributed by atoms with Gasteiger partial charge in [-0.2, -0.15) is 13.2 Å². The van der Waals surface area contributed by atoms with Crippen molar-refractivity contribution in [2.24, 2.45) is 0 Å². The summed E-state index contributed by atoms with van der Waals surface area (Å²) in [6.07, 6.45) is -3.17. The van der Waals surface area contributed by atoms with Gasteiger partial charge in [0.05, 0.1) is 0 Å². The minimum Gasteiger partial charge on any atom is -0.290 e. The normalized spacial score (nSPS) is 9.56. The molecule has 0 aliphatic heterocycles. The zero-order valence-corrected chi connectivity index (χ0v) is 5.68. The highest BCUT2D eigenvalue weighted by Crippen LogP contribution is 2.14. The van der Waals surface area contributed by atoms with E-state index in [0.717, 1.165) is 0 Å². The first-order valence-corrected chi connectivity index (χ1v) is 2.65. The maximum atomic E-state index is 10.8. The number of Topliss-reactive ketones (excluding diaryl/α,β-unsaturated/α-hetero) is 1. The molecule has 0 aliphatic carbocycles. The molecule has 0 rings (SSSR count). The third-order valence-corrected chi connectivity index (χ3v) is 0.399. The van der Waals surface area contributed by atoms with Crippen molar-refractivity contribution in [1.29, 1.82) is 0 Å². The molecule has 0 saturated heterocycles. The predicted octanol–water partition coefficient (Wildman–Crippen LogP) is 1.99. The van der Waals surface area contributed by atoms with Gasteiger partial charge in [0.15, 0.2) is 0 Å². The molecule has 0 unspecified atom stereocenters. The van der Waals surface area contributed by atoms with E-state index >= 15 is 0 Å². The van der Waals surface area contributed by atoms with E-state index < -0.39 is 12.0 Å². The Labute approximate surface area is 55.8 Å². The molecular weight excluding hydrogens is 156 g/mol. The van der Waals surface area contributed by atoms with E-state index in [2.05, 4.69) is 11.6 Å². The van der Waals surface area contributed by atoms with Gasteiger partial charge in [-0.25, -0.2) is 0 Å². The highest BCUT2D eigenvalue weighted by Gasteiger charge is 2.33. The fourth-order valence-corrected chi connectivity index (χ4v) is 0. The fourth-order valence-electron chi connectivity index (χ4n) is 0. The third-order valence-electron chi connectivity index (χ3n) is 0.399. The van der Waals surface area contributed by atoms with Crippen LogP contribution in [0.2, 0.25) is 0 Å². The van der Waals surface area contributed by atoms with Gasteiger partial charge in [0, 0.05) is 13.3 Å². The van der Waals surface area contributed by atoms with E-state index in [9.17, 15) is 18.0 Å². The van der Waals surface area contributed by atoms with Crippen LogP contribution >= 0.6 is 11.6 Å². The van der Waals surface area contributed by atoms with Crippen LogP contribution in [0.25, 0.3) is 0 Å². The first-order valence-electron chi connectivity index (χ1n) is 1.90. The predicted molar refractivity (Wildman–Crippen MR) is 28.5 cm³/mol. The lowest BCUT2D eigenvalue weighted by molar-refractivity contribution is -0.168. The van der Waals surface area contributed by atoms with E-state index in [-0.39, 0.29) is 0 Å². The molecule has 0 fully saturated rings. The smallest absolute Gasteiger partial charge is 0.290 e. The van der Waals surface area contributed by atoms with Crippen molar-refractivity contribution in [1.82, 2.24) is 0 Å². The second kappa shape index (κ2) is 4.61. The summed E-state index contributed by atoms with van der Waals surface area (Å²) in [5.74, 6) is -1.76. The maximum Gasteiger partial charge on any atom is 0.449 e. The molecule has 1 nitrogen and oxygen atoms in total. The summed E-state index contributed by atoms with van der Waals surface area (Å²) < 4.78 is 32.5. The molecule has 0 bridgehead atoms. The minimum absolute atomic E-state index is 0.486. The Bertz CT molecular complexity index is 88.3. The van der Waals surface area contributed by atoms with Crippen LogP contribution in [-0.4, -0.2) is 18.3 Å². The molecule has 0 heterocycles. The molecule has 0 aromatic carbocycles. The lowest BCUT2D eigenvalue weighted by Gasteiger charge is -1.95. The Kier molecular flexibility index (Phi) is 5.91. The summed E-state index contributed by atoms with van der Waals surface area (Å²) in [6, 6.07) is 0. The summed E-state index contributed by atoms with van der Waals surface area (Å²) in [5.41, 5.74) is 0. The molecule has 56 valence electrons. The van der Waals surface area contributed by atoms with E-state index in [1.807, 2.05) is 0 Å². The molecule has 0 N–H and O–H groups in total. The van der Waals surface area contributed by atoms with E-state index in [0.29, 0.717) is 6.92 Å². The van der Waals surface area contributed by atoms with Crippen LogP contribution in [0.4, 0.5) is 13.2 Å². The van der Waals surface area contributed by atoms with Gasteiger partial charge in [-0.3, -0.25) is 4.79 Å². The van der Waals surface area contributed by atoms with E-state index in [4.69, 9.17) is 0 Å². The fraction of sp³-hybridized carbons (Fsp3) is 0.750. The van der Waals surface area contributed by atoms with Gasteiger partial charge in [-0.1, -0.05) is 0 Å². The first kappa shape index (κ1) is 11.5. The van der Waals surface area contributed by atoms with Crippen LogP contribution < -0.4 is 0 Å². The summed E-state index contributed by atoms with van der Waals surface area (Å²) in [5, 5.41) is 0. The van der Waals surface area contributed by atoms with Crippen LogP contribution in [0, 0.1) is 0 Å². The molecule has 0 amide bonds. The van der Waals surface area contributed by atoms with E-state index in [1.54, 1.807) is 0 Å². The average Bonchev–Trinajstić information content (AvgIpc) is 1.69. The quantitative estimate of drug-likeness (QED) is 0.498. The van der Waals surface area contributed by atoms with Crippen molar-refractivity contribution in [3.05, 3.63) is 0 Å². The van der Waals surface area contributed by atoms with Gasteiger partial charge < -0.3 is 0 Å². The standard InChI is InChI=1S/C3H3F3O.CH3Cl/c1-2(7)3(4,5)6;1-2/h1H3;1H3. The maximum absolute atomic E-state index is 10.8. The number of carbonyl (C=O) groups excluding carboxylic acids is 1. The zero-order valence-electron chi connectivity index (χ0n) is 4.92. The van der Waals surface area contributed by atoms with Gasteiger partial charge in [0.25, 0.3) is 0 Å². The van der Waals surface area contributed by atoms with Crippen molar-refractivity contribution in [3.8, 4) is 0 Å². The van der Waals surface area contributed by atoms with Crippen LogP contribution in [0.5, 0.6) is 0 Å². The number of hydrogen-bond donors (Lipinski definition) is 0. The van der Waals surface area contributed by atoms with Gasteiger partial charge >= 0.3 is 6.18 Å². The number of carbonyl (C=O) groups is 1. The van der Waals surface area contributed by atoms with Crippen molar-refractivity contribution < 1.29 is 18.0 Å². The molecule has 0 aliphatic rings. The monoisotopic (exact) mass is 162 g/mol. The molecule has 0 saturated carbocycles. The van der Waals surface area contributed by atoms with Crippen LogP contribution in [0.3, 0.4) is 0 Å². The summed E-state index contributed by atoms with van der Waals surface area (Å²) >= 11 is 4.64. The second-order valence-electron chi connectivity index (χ2n) is 1.05. The average molecular weight is 163 g/mol. The Morgan fingerprint density at radius 3 is 1.44 bits per heavy atom.